The summed E-state index contributed by atoms with van der Waals surface area (Å²) in [6, 6.07) is 14.5. The van der Waals surface area contributed by atoms with Crippen LogP contribution in [0, 0.1) is 0 Å². The second-order valence-corrected chi connectivity index (χ2v) is 7.61. The molecule has 1 aromatic carbocycles. The lowest BCUT2D eigenvalue weighted by molar-refractivity contribution is 0.290. The number of aromatic amines is 1. The molecule has 0 fully saturated rings. The van der Waals surface area contributed by atoms with Crippen molar-refractivity contribution in [2.45, 2.75) is 25.8 Å². The third-order valence-electron chi connectivity index (χ3n) is 5.50. The van der Waals surface area contributed by atoms with Gasteiger partial charge in [-0.05, 0) is 30.0 Å². The van der Waals surface area contributed by atoms with Crippen molar-refractivity contribution < 1.29 is 0 Å². The van der Waals surface area contributed by atoms with Gasteiger partial charge in [0.15, 0.2) is 0 Å². The maximum absolute atomic E-state index is 12.7. The van der Waals surface area contributed by atoms with Crippen LogP contribution in [0.15, 0.2) is 59.7 Å². The Balaban J connectivity index is 1.43. The van der Waals surface area contributed by atoms with Gasteiger partial charge in [-0.1, -0.05) is 36.4 Å². The largest absolute Gasteiger partial charge is 0.341 e. The molecule has 6 heteroatoms. The molecule has 1 N–H and O–H groups in total. The predicted molar refractivity (Wildman–Crippen MR) is 115 cm³/mol. The Kier molecular flexibility index (Phi) is 6.00. The number of aromatic nitrogens is 3. The zero-order valence-electron chi connectivity index (χ0n) is 16.8. The fourth-order valence-corrected chi connectivity index (χ4v) is 3.82. The number of rotatable bonds is 6. The normalized spacial score (nSPS) is 14.2. The quantitative estimate of drug-likeness (QED) is 0.702. The summed E-state index contributed by atoms with van der Waals surface area (Å²) in [4.78, 5) is 29.1. The van der Waals surface area contributed by atoms with Crippen LogP contribution in [0.5, 0.6) is 0 Å². The molecule has 0 bridgehead atoms. The van der Waals surface area contributed by atoms with Crippen molar-refractivity contribution in [3.8, 4) is 0 Å². The molecule has 1 aliphatic heterocycles. The van der Waals surface area contributed by atoms with Crippen molar-refractivity contribution in [3.05, 3.63) is 87.6 Å². The number of hydrogen-bond acceptors (Lipinski definition) is 5. The van der Waals surface area contributed by atoms with Crippen molar-refractivity contribution in [1.82, 2.24) is 19.9 Å². The van der Waals surface area contributed by atoms with E-state index in [4.69, 9.17) is 4.98 Å². The van der Waals surface area contributed by atoms with Crippen LogP contribution in [-0.4, -0.2) is 46.5 Å². The van der Waals surface area contributed by atoms with Crippen LogP contribution >= 0.6 is 0 Å². The summed E-state index contributed by atoms with van der Waals surface area (Å²) >= 11 is 0. The van der Waals surface area contributed by atoms with Crippen LogP contribution in [0.4, 0.5) is 5.95 Å². The van der Waals surface area contributed by atoms with E-state index >= 15 is 0 Å². The Hall–Kier alpha value is -2.99. The molecule has 6 nitrogen and oxygen atoms in total. The summed E-state index contributed by atoms with van der Waals surface area (Å²) in [5.41, 5.74) is 4.20. The highest BCUT2D eigenvalue weighted by Crippen LogP contribution is 2.15. The first-order valence-electron chi connectivity index (χ1n) is 10.2. The number of H-pyrrole nitrogens is 1. The van der Waals surface area contributed by atoms with Crippen LogP contribution in [0.25, 0.3) is 0 Å². The molecule has 4 rings (SSSR count). The highest BCUT2D eigenvalue weighted by Gasteiger charge is 2.19. The van der Waals surface area contributed by atoms with Gasteiger partial charge < -0.3 is 9.80 Å². The van der Waals surface area contributed by atoms with E-state index in [2.05, 4.69) is 39.1 Å². The molecule has 0 radical (unpaired) electrons. The Morgan fingerprint density at radius 2 is 1.86 bits per heavy atom. The molecule has 1 aliphatic rings. The highest BCUT2D eigenvalue weighted by atomic mass is 16.1. The van der Waals surface area contributed by atoms with E-state index in [0.29, 0.717) is 12.5 Å². The van der Waals surface area contributed by atoms with Gasteiger partial charge in [-0.25, -0.2) is 4.98 Å². The van der Waals surface area contributed by atoms with Crippen LogP contribution in [0.2, 0.25) is 0 Å². The number of pyridine rings is 1. The number of nitrogens with zero attached hydrogens (tertiary/aromatic N) is 4. The third-order valence-corrected chi connectivity index (χ3v) is 5.50. The standard InChI is InChI=1S/C23H27N5O/c1-27(17-19-8-5-12-24-16-19)23-25-21-11-15-28(14-10-20(21)22(29)26-23)13-9-18-6-3-2-4-7-18/h2-8,12,16H,9-11,13-15,17H2,1H3,(H,25,26,29). The van der Waals surface area contributed by atoms with Gasteiger partial charge in [0.1, 0.15) is 0 Å². The zero-order chi connectivity index (χ0) is 20.1. The summed E-state index contributed by atoms with van der Waals surface area (Å²) in [5, 5.41) is 0. The lowest BCUT2D eigenvalue weighted by Crippen LogP contribution is -2.29. The van der Waals surface area contributed by atoms with E-state index in [9.17, 15) is 4.79 Å². The van der Waals surface area contributed by atoms with E-state index in [0.717, 1.165) is 55.7 Å². The Labute approximate surface area is 171 Å². The van der Waals surface area contributed by atoms with Gasteiger partial charge in [0.05, 0.1) is 5.69 Å². The number of hydrogen-bond donors (Lipinski definition) is 1. The number of anilines is 1. The van der Waals surface area contributed by atoms with Gasteiger partial charge in [0.25, 0.3) is 5.56 Å². The summed E-state index contributed by atoms with van der Waals surface area (Å²) in [6.45, 7) is 3.49. The van der Waals surface area contributed by atoms with Gasteiger partial charge in [-0.3, -0.25) is 14.8 Å². The van der Waals surface area contributed by atoms with Crippen molar-refractivity contribution >= 4 is 5.95 Å². The van der Waals surface area contributed by atoms with E-state index < -0.39 is 0 Å². The average Bonchev–Trinajstić information content (AvgIpc) is 2.96. The van der Waals surface area contributed by atoms with Crippen LogP contribution in [-0.2, 0) is 25.8 Å². The molecule has 0 aliphatic carbocycles. The van der Waals surface area contributed by atoms with Gasteiger partial charge in [0, 0.05) is 57.6 Å². The van der Waals surface area contributed by atoms with E-state index in [1.807, 2.05) is 36.3 Å². The highest BCUT2D eigenvalue weighted by molar-refractivity contribution is 5.34. The molecular weight excluding hydrogens is 362 g/mol. The van der Waals surface area contributed by atoms with Gasteiger partial charge in [-0.15, -0.1) is 0 Å². The maximum Gasteiger partial charge on any atom is 0.255 e. The van der Waals surface area contributed by atoms with Crippen LogP contribution in [0.3, 0.4) is 0 Å². The molecular formula is C23H27N5O. The minimum absolute atomic E-state index is 0.00653. The summed E-state index contributed by atoms with van der Waals surface area (Å²) < 4.78 is 0. The first-order valence-corrected chi connectivity index (χ1v) is 10.2. The van der Waals surface area contributed by atoms with Crippen LogP contribution in [0.1, 0.15) is 22.4 Å². The van der Waals surface area contributed by atoms with Crippen LogP contribution < -0.4 is 10.5 Å². The smallest absolute Gasteiger partial charge is 0.255 e. The minimum Gasteiger partial charge on any atom is -0.341 e. The third kappa shape index (κ3) is 4.90. The lowest BCUT2D eigenvalue weighted by Gasteiger charge is -2.19. The lowest BCUT2D eigenvalue weighted by atomic mass is 10.1. The van der Waals surface area contributed by atoms with E-state index in [1.54, 1.807) is 6.20 Å². The summed E-state index contributed by atoms with van der Waals surface area (Å²) in [6.07, 6.45) is 6.18. The molecule has 29 heavy (non-hydrogen) atoms. The first kappa shape index (κ1) is 19.3. The van der Waals surface area contributed by atoms with Crippen molar-refractivity contribution in [2.24, 2.45) is 0 Å². The second kappa shape index (κ2) is 9.01. The molecule has 2 aromatic heterocycles. The first-order chi connectivity index (χ1) is 14.2. The fourth-order valence-electron chi connectivity index (χ4n) is 3.82. The topological polar surface area (TPSA) is 65.1 Å². The number of fused-ring (bicyclic) bond motifs is 1. The number of benzene rings is 1. The molecule has 0 atom stereocenters. The summed E-state index contributed by atoms with van der Waals surface area (Å²) in [5.74, 6) is 0.621. The van der Waals surface area contributed by atoms with Crippen molar-refractivity contribution in [2.75, 3.05) is 31.6 Å². The van der Waals surface area contributed by atoms with E-state index in [1.165, 1.54) is 5.56 Å². The molecule has 3 aromatic rings. The minimum atomic E-state index is -0.00653. The predicted octanol–water partition coefficient (Wildman–Crippen LogP) is 2.44. The molecule has 3 heterocycles. The summed E-state index contributed by atoms with van der Waals surface area (Å²) in [7, 11) is 1.94. The SMILES string of the molecule is CN(Cc1cccnc1)c1nc2c(c(=O)[nH]1)CCN(CCc1ccccc1)CC2. The Morgan fingerprint density at radius 1 is 1.07 bits per heavy atom. The Morgan fingerprint density at radius 3 is 2.66 bits per heavy atom. The van der Waals surface area contributed by atoms with E-state index in [-0.39, 0.29) is 5.56 Å². The number of nitrogens with one attached hydrogen (secondary N) is 1. The molecule has 0 saturated heterocycles. The van der Waals surface area contributed by atoms with Gasteiger partial charge >= 0.3 is 0 Å². The van der Waals surface area contributed by atoms with Crippen molar-refractivity contribution in [1.29, 1.82) is 0 Å². The van der Waals surface area contributed by atoms with Gasteiger partial charge in [0.2, 0.25) is 5.95 Å². The van der Waals surface area contributed by atoms with Crippen molar-refractivity contribution in [3.63, 3.8) is 0 Å². The monoisotopic (exact) mass is 389 g/mol. The average molecular weight is 390 g/mol. The Bertz CT molecular complexity index is 987. The molecule has 150 valence electrons. The zero-order valence-corrected chi connectivity index (χ0v) is 16.8. The fraction of sp³-hybridized carbons (Fsp3) is 0.348. The maximum atomic E-state index is 12.7. The molecule has 0 unspecified atom stereocenters. The molecule has 0 spiro atoms. The van der Waals surface area contributed by atoms with Gasteiger partial charge in [-0.2, -0.15) is 0 Å². The molecule has 0 amide bonds. The molecule has 0 saturated carbocycles. The second-order valence-electron chi connectivity index (χ2n) is 7.61.